The normalized spacial score (nSPS) is 17.1. The molecule has 2 amide bonds. The van der Waals surface area contributed by atoms with Gasteiger partial charge in [0, 0.05) is 11.8 Å². The van der Waals surface area contributed by atoms with Crippen LogP contribution < -0.4 is 5.32 Å². The van der Waals surface area contributed by atoms with Crippen molar-refractivity contribution in [1.82, 2.24) is 4.90 Å². The molecular weight excluding hydrogens is 244 g/mol. The second kappa shape index (κ2) is 4.51. The second-order valence-electron chi connectivity index (χ2n) is 4.69. The van der Waals surface area contributed by atoms with Crippen molar-refractivity contribution >= 4 is 17.5 Å². The lowest BCUT2D eigenvalue weighted by Crippen LogP contribution is -2.34. The van der Waals surface area contributed by atoms with Crippen LogP contribution in [-0.2, 0) is 22.4 Å². The largest absolute Gasteiger partial charge is 0.395 e. The zero-order chi connectivity index (χ0) is 13.4. The molecule has 1 aromatic carbocycles. The van der Waals surface area contributed by atoms with Crippen LogP contribution in [0.3, 0.4) is 0 Å². The Morgan fingerprint density at radius 3 is 2.63 bits per heavy atom. The quantitative estimate of drug-likeness (QED) is 0.769. The zero-order valence-corrected chi connectivity index (χ0v) is 10.3. The summed E-state index contributed by atoms with van der Waals surface area (Å²) in [5.74, 6) is -0.771. The first kappa shape index (κ1) is 11.9. The first-order chi connectivity index (χ1) is 9.19. The Kier molecular flexibility index (Phi) is 2.83. The first-order valence-corrected chi connectivity index (χ1v) is 6.26. The van der Waals surface area contributed by atoms with Gasteiger partial charge in [0.15, 0.2) is 0 Å². The van der Waals surface area contributed by atoms with Crippen LogP contribution >= 0.6 is 0 Å². The predicted molar refractivity (Wildman–Crippen MR) is 69.4 cm³/mol. The monoisotopic (exact) mass is 258 g/mol. The van der Waals surface area contributed by atoms with Gasteiger partial charge in [-0.1, -0.05) is 6.07 Å². The summed E-state index contributed by atoms with van der Waals surface area (Å²) >= 11 is 0. The van der Waals surface area contributed by atoms with Crippen molar-refractivity contribution in [3.8, 4) is 0 Å². The highest BCUT2D eigenvalue weighted by Gasteiger charge is 2.30. The van der Waals surface area contributed by atoms with Crippen molar-refractivity contribution in [2.75, 3.05) is 18.5 Å². The maximum Gasteiger partial charge on any atom is 0.277 e. The molecule has 0 aromatic heterocycles. The summed E-state index contributed by atoms with van der Waals surface area (Å²) in [6.07, 6.45) is 3.45. The van der Waals surface area contributed by atoms with Gasteiger partial charge >= 0.3 is 0 Å². The number of aryl methyl sites for hydroxylation is 2. The minimum Gasteiger partial charge on any atom is -0.395 e. The van der Waals surface area contributed by atoms with E-state index in [0.717, 1.165) is 23.4 Å². The number of benzene rings is 1. The van der Waals surface area contributed by atoms with Crippen LogP contribution in [0.15, 0.2) is 30.0 Å². The number of nitrogens with zero attached hydrogens (tertiary/aromatic N) is 1. The zero-order valence-electron chi connectivity index (χ0n) is 10.3. The predicted octanol–water partition coefficient (Wildman–Crippen LogP) is 0.442. The fraction of sp³-hybridized carbons (Fsp3) is 0.286. The molecule has 0 atom stereocenters. The highest BCUT2D eigenvalue weighted by molar-refractivity contribution is 6.17. The molecule has 0 spiro atoms. The minimum atomic E-state index is -0.387. The molecule has 19 heavy (non-hydrogen) atoms. The molecule has 0 saturated carbocycles. The van der Waals surface area contributed by atoms with Crippen molar-refractivity contribution in [2.24, 2.45) is 0 Å². The Morgan fingerprint density at radius 2 is 2.00 bits per heavy atom. The molecular formula is C14H14N2O3. The van der Waals surface area contributed by atoms with Gasteiger partial charge < -0.3 is 10.4 Å². The van der Waals surface area contributed by atoms with Crippen LogP contribution in [-0.4, -0.2) is 35.0 Å². The van der Waals surface area contributed by atoms with Crippen molar-refractivity contribution in [3.63, 3.8) is 0 Å². The summed E-state index contributed by atoms with van der Waals surface area (Å²) in [5.41, 5.74) is 3.71. The second-order valence-corrected chi connectivity index (χ2v) is 4.69. The van der Waals surface area contributed by atoms with Crippen molar-refractivity contribution < 1.29 is 14.7 Å². The SMILES string of the molecule is O=C1C=C(Nc2ccc3c(c2)CC3)C(=O)N1CCO. The van der Waals surface area contributed by atoms with Gasteiger partial charge in [0.05, 0.1) is 13.2 Å². The molecule has 1 heterocycles. The third kappa shape index (κ3) is 2.02. The number of anilines is 1. The summed E-state index contributed by atoms with van der Waals surface area (Å²) in [4.78, 5) is 24.6. The summed E-state index contributed by atoms with van der Waals surface area (Å²) in [6.45, 7) is -0.193. The van der Waals surface area contributed by atoms with E-state index in [-0.39, 0.29) is 30.7 Å². The third-order valence-electron chi connectivity index (χ3n) is 3.48. The van der Waals surface area contributed by atoms with E-state index in [1.54, 1.807) is 0 Å². The molecule has 1 aliphatic carbocycles. The average molecular weight is 258 g/mol. The molecule has 5 nitrogen and oxygen atoms in total. The first-order valence-electron chi connectivity index (χ1n) is 6.26. The summed E-state index contributed by atoms with van der Waals surface area (Å²) in [7, 11) is 0. The fourth-order valence-corrected chi connectivity index (χ4v) is 2.34. The lowest BCUT2D eigenvalue weighted by Gasteiger charge is -2.20. The summed E-state index contributed by atoms with van der Waals surface area (Å²) in [5, 5.41) is 11.8. The van der Waals surface area contributed by atoms with Gasteiger partial charge in [-0.05, 0) is 36.1 Å². The molecule has 3 rings (SSSR count). The van der Waals surface area contributed by atoms with Crippen LogP contribution in [0.4, 0.5) is 5.69 Å². The van der Waals surface area contributed by atoms with Gasteiger partial charge in [-0.15, -0.1) is 0 Å². The lowest BCUT2D eigenvalue weighted by atomic mass is 9.88. The van der Waals surface area contributed by atoms with Crippen molar-refractivity contribution in [3.05, 3.63) is 41.1 Å². The number of nitrogens with one attached hydrogen (secondary N) is 1. The smallest absolute Gasteiger partial charge is 0.277 e. The molecule has 2 aliphatic rings. The Morgan fingerprint density at radius 1 is 1.21 bits per heavy atom. The van der Waals surface area contributed by atoms with E-state index in [2.05, 4.69) is 5.32 Å². The molecule has 5 heteroatoms. The lowest BCUT2D eigenvalue weighted by molar-refractivity contribution is -0.137. The summed E-state index contributed by atoms with van der Waals surface area (Å²) < 4.78 is 0. The van der Waals surface area contributed by atoms with E-state index in [0.29, 0.717) is 0 Å². The molecule has 0 bridgehead atoms. The minimum absolute atomic E-state index is 0.0313. The number of β-amino-alcohol motifs (C(OH)–C–C–N with tert-alkyl or cyclic N) is 1. The topological polar surface area (TPSA) is 69.6 Å². The third-order valence-corrected chi connectivity index (χ3v) is 3.48. The number of aliphatic hydroxyl groups excluding tert-OH is 1. The highest BCUT2D eigenvalue weighted by atomic mass is 16.3. The molecule has 2 N–H and O–H groups in total. The van der Waals surface area contributed by atoms with E-state index in [1.165, 1.54) is 17.2 Å². The van der Waals surface area contributed by atoms with Gasteiger partial charge in [0.2, 0.25) is 0 Å². The van der Waals surface area contributed by atoms with Crippen LogP contribution in [0, 0.1) is 0 Å². The molecule has 1 aliphatic heterocycles. The number of aliphatic hydroxyl groups is 1. The number of amides is 2. The number of fused-ring (bicyclic) bond motifs is 1. The van der Waals surface area contributed by atoms with E-state index < -0.39 is 0 Å². The Hall–Kier alpha value is -2.14. The van der Waals surface area contributed by atoms with Gasteiger partial charge in [0.25, 0.3) is 11.8 Å². The van der Waals surface area contributed by atoms with Crippen LogP contribution in [0.1, 0.15) is 11.1 Å². The Labute approximate surface area is 110 Å². The highest BCUT2D eigenvalue weighted by Crippen LogP contribution is 2.27. The molecule has 1 aromatic rings. The Bertz CT molecular complexity index is 592. The Balaban J connectivity index is 1.76. The number of rotatable bonds is 4. The van der Waals surface area contributed by atoms with Gasteiger partial charge in [0.1, 0.15) is 5.70 Å². The molecule has 98 valence electrons. The average Bonchev–Trinajstić information content (AvgIpc) is 2.61. The maximum atomic E-state index is 11.9. The van der Waals surface area contributed by atoms with E-state index in [1.807, 2.05) is 18.2 Å². The molecule has 0 saturated heterocycles. The molecule has 0 fully saturated rings. The maximum absolute atomic E-state index is 11.9. The van der Waals surface area contributed by atoms with E-state index in [4.69, 9.17) is 5.11 Å². The molecule has 0 unspecified atom stereocenters. The van der Waals surface area contributed by atoms with Crippen LogP contribution in [0.2, 0.25) is 0 Å². The fourth-order valence-electron chi connectivity index (χ4n) is 2.34. The summed E-state index contributed by atoms with van der Waals surface area (Å²) in [6, 6.07) is 5.95. The van der Waals surface area contributed by atoms with Gasteiger partial charge in [-0.3, -0.25) is 14.5 Å². The standard InChI is InChI=1S/C14H14N2O3/c17-6-5-16-13(18)8-12(14(16)19)15-11-4-3-9-1-2-10(9)7-11/h3-4,7-8,15,17H,1-2,5-6H2. The van der Waals surface area contributed by atoms with Crippen LogP contribution in [0.5, 0.6) is 0 Å². The molecule has 0 radical (unpaired) electrons. The number of hydrogen-bond acceptors (Lipinski definition) is 4. The number of hydrogen-bond donors (Lipinski definition) is 2. The van der Waals surface area contributed by atoms with Gasteiger partial charge in [-0.2, -0.15) is 0 Å². The van der Waals surface area contributed by atoms with Crippen molar-refractivity contribution in [2.45, 2.75) is 12.8 Å². The number of carbonyl (C=O) groups is 2. The number of imide groups is 1. The number of carbonyl (C=O) groups excluding carboxylic acids is 2. The van der Waals surface area contributed by atoms with Gasteiger partial charge in [-0.25, -0.2) is 0 Å². The van der Waals surface area contributed by atoms with Crippen LogP contribution in [0.25, 0.3) is 0 Å². The van der Waals surface area contributed by atoms with E-state index >= 15 is 0 Å². The van der Waals surface area contributed by atoms with Crippen molar-refractivity contribution in [1.29, 1.82) is 0 Å². The van der Waals surface area contributed by atoms with E-state index in [9.17, 15) is 9.59 Å².